The number of rotatable bonds is 5. The molecule has 0 N–H and O–H groups in total. The summed E-state index contributed by atoms with van der Waals surface area (Å²) in [5, 5.41) is 0. The number of carbonyl (C=O) groups is 1. The lowest BCUT2D eigenvalue weighted by atomic mass is 10.1. The fourth-order valence-corrected chi connectivity index (χ4v) is 3.23. The van der Waals surface area contributed by atoms with Crippen LogP contribution in [0.4, 0.5) is 0 Å². The van der Waals surface area contributed by atoms with Gasteiger partial charge in [0.2, 0.25) is 0 Å². The lowest BCUT2D eigenvalue weighted by Crippen LogP contribution is -2.48. The Morgan fingerprint density at radius 1 is 1.17 bits per heavy atom. The number of amides is 1. The van der Waals surface area contributed by atoms with Crippen LogP contribution in [0.15, 0.2) is 24.3 Å². The number of aromatic nitrogens is 2. The predicted octanol–water partition coefficient (Wildman–Crippen LogP) is 2.20. The number of hydrogen-bond acceptors (Lipinski definition) is 6. The number of benzene rings is 1. The Morgan fingerprint density at radius 2 is 1.88 bits per heavy atom. The highest BCUT2D eigenvalue weighted by Crippen LogP contribution is 2.17. The third-order valence-corrected chi connectivity index (χ3v) is 4.99. The summed E-state index contributed by atoms with van der Waals surface area (Å²) in [6.07, 6.45) is 0. The second-order valence-corrected chi connectivity index (χ2v) is 6.36. The molecular formula is C17H22N4O2S. The third kappa shape index (κ3) is 3.91. The molecule has 6 nitrogen and oxygen atoms in total. The topological polar surface area (TPSA) is 58.6 Å². The van der Waals surface area contributed by atoms with Gasteiger partial charge in [-0.25, -0.2) is 0 Å². The van der Waals surface area contributed by atoms with E-state index >= 15 is 0 Å². The molecule has 0 atom stereocenters. The van der Waals surface area contributed by atoms with Gasteiger partial charge in [0.1, 0.15) is 18.1 Å². The molecule has 0 radical (unpaired) electrons. The van der Waals surface area contributed by atoms with Crippen LogP contribution in [-0.4, -0.2) is 57.2 Å². The minimum atomic E-state index is 0.0943. The molecule has 1 aromatic carbocycles. The first-order valence-electron chi connectivity index (χ1n) is 8.20. The molecule has 2 heterocycles. The molecule has 0 aliphatic carbocycles. The van der Waals surface area contributed by atoms with Crippen molar-refractivity contribution in [2.45, 2.75) is 20.5 Å². The van der Waals surface area contributed by atoms with Crippen molar-refractivity contribution in [3.05, 3.63) is 41.2 Å². The van der Waals surface area contributed by atoms with Gasteiger partial charge >= 0.3 is 0 Å². The standard InChI is InChI=1S/C17H22N4O2S/c1-3-20-8-10-21(11-9-20)17(22)14-4-6-15(7-5-14)23-12-16-13(2)18-24-19-16/h4-7H,3,8-12H2,1-2H3. The van der Waals surface area contributed by atoms with Gasteiger partial charge in [0, 0.05) is 31.7 Å². The first-order chi connectivity index (χ1) is 11.7. The van der Waals surface area contributed by atoms with Gasteiger partial charge in [0.05, 0.1) is 17.4 Å². The number of hydrogen-bond donors (Lipinski definition) is 0. The lowest BCUT2D eigenvalue weighted by Gasteiger charge is -2.34. The van der Waals surface area contributed by atoms with Crippen LogP contribution in [0.3, 0.4) is 0 Å². The van der Waals surface area contributed by atoms with Gasteiger partial charge in [-0.2, -0.15) is 8.75 Å². The van der Waals surface area contributed by atoms with Crippen LogP contribution in [0, 0.1) is 6.92 Å². The van der Waals surface area contributed by atoms with Gasteiger partial charge in [-0.3, -0.25) is 4.79 Å². The van der Waals surface area contributed by atoms with Crippen LogP contribution in [0.2, 0.25) is 0 Å². The number of ether oxygens (including phenoxy) is 1. The molecular weight excluding hydrogens is 324 g/mol. The maximum absolute atomic E-state index is 12.5. The summed E-state index contributed by atoms with van der Waals surface area (Å²) >= 11 is 1.19. The van der Waals surface area contributed by atoms with Crippen molar-refractivity contribution in [3.63, 3.8) is 0 Å². The number of nitrogens with zero attached hydrogens (tertiary/aromatic N) is 4. The molecule has 1 saturated heterocycles. The van der Waals surface area contributed by atoms with E-state index in [2.05, 4.69) is 20.6 Å². The summed E-state index contributed by atoms with van der Waals surface area (Å²) in [6.45, 7) is 9.00. The van der Waals surface area contributed by atoms with E-state index in [1.807, 2.05) is 36.1 Å². The largest absolute Gasteiger partial charge is 0.487 e. The first-order valence-corrected chi connectivity index (χ1v) is 8.93. The number of likely N-dealkylation sites (N-methyl/N-ethyl adjacent to an activating group) is 1. The van der Waals surface area contributed by atoms with Crippen molar-refractivity contribution < 1.29 is 9.53 Å². The molecule has 24 heavy (non-hydrogen) atoms. The average Bonchev–Trinajstić information content (AvgIpc) is 3.05. The molecule has 1 aromatic heterocycles. The van der Waals surface area contributed by atoms with E-state index in [0.29, 0.717) is 12.2 Å². The van der Waals surface area contributed by atoms with Gasteiger partial charge in [-0.1, -0.05) is 6.92 Å². The van der Waals surface area contributed by atoms with Crippen LogP contribution >= 0.6 is 11.7 Å². The Kier molecular flexibility index (Phi) is 5.42. The van der Waals surface area contributed by atoms with Gasteiger partial charge in [0.25, 0.3) is 5.91 Å². The van der Waals surface area contributed by atoms with Gasteiger partial charge < -0.3 is 14.5 Å². The van der Waals surface area contributed by atoms with E-state index in [1.165, 1.54) is 11.7 Å². The Balaban J connectivity index is 1.56. The minimum absolute atomic E-state index is 0.0943. The summed E-state index contributed by atoms with van der Waals surface area (Å²) in [4.78, 5) is 16.8. The van der Waals surface area contributed by atoms with Crippen molar-refractivity contribution in [1.82, 2.24) is 18.5 Å². The molecule has 3 rings (SSSR count). The summed E-state index contributed by atoms with van der Waals surface area (Å²) in [5.41, 5.74) is 2.46. The summed E-state index contributed by atoms with van der Waals surface area (Å²) in [5.74, 6) is 0.826. The van der Waals surface area contributed by atoms with Crippen LogP contribution < -0.4 is 4.74 Å². The SMILES string of the molecule is CCN1CCN(C(=O)c2ccc(OCc3nsnc3C)cc2)CC1. The zero-order chi connectivity index (χ0) is 16.9. The molecule has 0 bridgehead atoms. The third-order valence-electron chi connectivity index (χ3n) is 4.33. The number of carbonyl (C=O) groups excluding carboxylic acids is 1. The highest BCUT2D eigenvalue weighted by molar-refractivity contribution is 6.99. The predicted molar refractivity (Wildman–Crippen MR) is 93.4 cm³/mol. The van der Waals surface area contributed by atoms with Crippen LogP contribution in [0.5, 0.6) is 5.75 Å². The van der Waals surface area contributed by atoms with Crippen molar-refractivity contribution in [2.24, 2.45) is 0 Å². The van der Waals surface area contributed by atoms with Gasteiger partial charge in [-0.05, 0) is 37.7 Å². The molecule has 128 valence electrons. The maximum Gasteiger partial charge on any atom is 0.253 e. The molecule has 0 saturated carbocycles. The number of aryl methyl sites for hydroxylation is 1. The summed E-state index contributed by atoms with van der Waals surface area (Å²) in [7, 11) is 0. The monoisotopic (exact) mass is 346 g/mol. The number of piperazine rings is 1. The summed E-state index contributed by atoms with van der Waals surface area (Å²) < 4.78 is 14.0. The van der Waals surface area contributed by atoms with Crippen molar-refractivity contribution >= 4 is 17.6 Å². The molecule has 0 unspecified atom stereocenters. The second kappa shape index (κ2) is 7.72. The lowest BCUT2D eigenvalue weighted by molar-refractivity contribution is 0.0643. The van der Waals surface area contributed by atoms with Crippen molar-refractivity contribution in [3.8, 4) is 5.75 Å². The summed E-state index contributed by atoms with van der Waals surface area (Å²) in [6, 6.07) is 7.33. The van der Waals surface area contributed by atoms with Crippen molar-refractivity contribution in [1.29, 1.82) is 0 Å². The van der Waals surface area contributed by atoms with Gasteiger partial charge in [0.15, 0.2) is 0 Å². The van der Waals surface area contributed by atoms with Gasteiger partial charge in [-0.15, -0.1) is 0 Å². The molecule has 1 aliphatic rings. The Morgan fingerprint density at radius 3 is 2.46 bits per heavy atom. The van der Waals surface area contributed by atoms with Crippen molar-refractivity contribution in [2.75, 3.05) is 32.7 Å². The maximum atomic E-state index is 12.5. The highest BCUT2D eigenvalue weighted by atomic mass is 32.1. The normalized spacial score (nSPS) is 15.5. The van der Waals surface area contributed by atoms with Crippen LogP contribution in [0.1, 0.15) is 28.7 Å². The molecule has 7 heteroatoms. The Labute approximate surface area is 146 Å². The zero-order valence-corrected chi connectivity index (χ0v) is 14.9. The highest BCUT2D eigenvalue weighted by Gasteiger charge is 2.21. The van der Waals surface area contributed by atoms with E-state index < -0.39 is 0 Å². The second-order valence-electron chi connectivity index (χ2n) is 5.84. The minimum Gasteiger partial charge on any atom is -0.487 e. The molecule has 1 aliphatic heterocycles. The molecule has 0 spiro atoms. The van der Waals surface area contributed by atoms with E-state index in [-0.39, 0.29) is 5.91 Å². The average molecular weight is 346 g/mol. The van der Waals surface area contributed by atoms with Crippen LogP contribution in [-0.2, 0) is 6.61 Å². The van der Waals surface area contributed by atoms with E-state index in [0.717, 1.165) is 49.9 Å². The Bertz CT molecular complexity index is 678. The molecule has 1 fully saturated rings. The fourth-order valence-electron chi connectivity index (χ4n) is 2.68. The van der Waals surface area contributed by atoms with E-state index in [1.54, 1.807) is 0 Å². The quantitative estimate of drug-likeness (QED) is 0.831. The molecule has 1 amide bonds. The zero-order valence-electron chi connectivity index (χ0n) is 14.1. The van der Waals surface area contributed by atoms with E-state index in [9.17, 15) is 4.79 Å². The fraction of sp³-hybridized carbons (Fsp3) is 0.471. The Hall–Kier alpha value is -1.99. The van der Waals surface area contributed by atoms with E-state index in [4.69, 9.17) is 4.74 Å². The smallest absolute Gasteiger partial charge is 0.253 e. The first kappa shape index (κ1) is 16.9. The van der Waals surface area contributed by atoms with Crippen LogP contribution in [0.25, 0.3) is 0 Å². The molecule has 2 aromatic rings.